The Morgan fingerprint density at radius 3 is 2.92 bits per heavy atom. The third-order valence-electron chi connectivity index (χ3n) is 1.77. The predicted molar refractivity (Wildman–Crippen MR) is 50.1 cm³/mol. The maximum atomic E-state index is 5.80. The highest BCUT2D eigenvalue weighted by atomic mass is 35.5. The van der Waals surface area contributed by atoms with Crippen molar-refractivity contribution in [3.05, 3.63) is 17.0 Å². The fraction of sp³-hybridized carbons (Fsp3) is 0.286. The monoisotopic (exact) mass is 197 g/mol. The second kappa shape index (κ2) is 2.85. The summed E-state index contributed by atoms with van der Waals surface area (Å²) in [6, 6.07) is 1.71. The van der Waals surface area contributed by atoms with Crippen LogP contribution in [0.3, 0.4) is 0 Å². The smallest absolute Gasteiger partial charge is 0.201 e. The Labute approximate surface area is 79.7 Å². The molecule has 2 aromatic heterocycles. The zero-order chi connectivity index (χ0) is 9.42. The van der Waals surface area contributed by atoms with Crippen LogP contribution in [0.1, 0.15) is 5.82 Å². The van der Waals surface area contributed by atoms with Crippen molar-refractivity contribution in [2.24, 2.45) is 0 Å². The molecule has 68 valence electrons. The molecule has 0 aromatic carbocycles. The van der Waals surface area contributed by atoms with Crippen molar-refractivity contribution >= 4 is 22.9 Å². The van der Waals surface area contributed by atoms with E-state index in [0.29, 0.717) is 16.6 Å². The van der Waals surface area contributed by atoms with Crippen molar-refractivity contribution in [3.8, 4) is 0 Å². The van der Waals surface area contributed by atoms with E-state index in [9.17, 15) is 0 Å². The molecule has 0 aliphatic heterocycles. The van der Waals surface area contributed by atoms with Gasteiger partial charge in [-0.05, 0) is 6.92 Å². The summed E-state index contributed by atoms with van der Waals surface area (Å²) in [7, 11) is 1.80. The van der Waals surface area contributed by atoms with E-state index in [4.69, 9.17) is 11.6 Å². The molecule has 2 rings (SSSR count). The van der Waals surface area contributed by atoms with E-state index >= 15 is 0 Å². The van der Waals surface area contributed by atoms with Gasteiger partial charge in [-0.3, -0.25) is 0 Å². The van der Waals surface area contributed by atoms with Gasteiger partial charge < -0.3 is 5.32 Å². The number of hydrogen-bond donors (Lipinski definition) is 1. The van der Waals surface area contributed by atoms with Crippen molar-refractivity contribution in [2.45, 2.75) is 6.92 Å². The summed E-state index contributed by atoms with van der Waals surface area (Å²) < 4.78 is 1.61. The highest BCUT2D eigenvalue weighted by molar-refractivity contribution is 6.29. The molecule has 0 amide bonds. The molecule has 5 nitrogen and oxygen atoms in total. The molecule has 13 heavy (non-hydrogen) atoms. The van der Waals surface area contributed by atoms with Crippen LogP contribution >= 0.6 is 11.6 Å². The second-order valence-electron chi connectivity index (χ2n) is 2.61. The van der Waals surface area contributed by atoms with Gasteiger partial charge in [-0.1, -0.05) is 11.6 Å². The van der Waals surface area contributed by atoms with Gasteiger partial charge in [0.05, 0.1) is 5.69 Å². The average Bonchev–Trinajstić information content (AvgIpc) is 2.47. The van der Waals surface area contributed by atoms with E-state index < -0.39 is 0 Å². The first kappa shape index (κ1) is 8.25. The first-order valence-corrected chi connectivity index (χ1v) is 4.16. The number of nitrogens with zero attached hydrogens (tertiary/aromatic N) is 4. The predicted octanol–water partition coefficient (Wildman–Crippen LogP) is 1.13. The summed E-state index contributed by atoms with van der Waals surface area (Å²) in [5, 5.41) is 15.3. The molecule has 0 atom stereocenters. The number of hydrogen-bond acceptors (Lipinski definition) is 4. The number of nitrogens with one attached hydrogen (secondary N) is 1. The summed E-state index contributed by atoms with van der Waals surface area (Å²) in [6.07, 6.45) is 0. The Morgan fingerprint density at radius 1 is 1.46 bits per heavy atom. The minimum atomic E-state index is 0.416. The standard InChI is InChI=1S/C7H8ClN5/c1-4-10-11-7-5(9-2)3-6(8)12-13(4)7/h3,9H,1-2H3. The third kappa shape index (κ3) is 1.21. The van der Waals surface area contributed by atoms with Crippen LogP contribution in [0.2, 0.25) is 5.15 Å². The zero-order valence-electron chi connectivity index (χ0n) is 7.24. The molecule has 0 saturated heterocycles. The Morgan fingerprint density at radius 2 is 2.23 bits per heavy atom. The van der Waals surface area contributed by atoms with Crippen molar-refractivity contribution in [2.75, 3.05) is 12.4 Å². The van der Waals surface area contributed by atoms with Crippen molar-refractivity contribution in [1.29, 1.82) is 0 Å². The largest absolute Gasteiger partial charge is 0.385 e. The summed E-state index contributed by atoms with van der Waals surface area (Å²) in [5.41, 5.74) is 1.50. The Hall–Kier alpha value is -1.36. The number of halogens is 1. The lowest BCUT2D eigenvalue weighted by Crippen LogP contribution is -1.99. The van der Waals surface area contributed by atoms with Crippen LogP contribution in [0.5, 0.6) is 0 Å². The highest BCUT2D eigenvalue weighted by Crippen LogP contribution is 2.17. The molecule has 0 unspecified atom stereocenters. The third-order valence-corrected chi connectivity index (χ3v) is 1.95. The Bertz CT molecular complexity index is 449. The van der Waals surface area contributed by atoms with Crippen LogP contribution in [0.25, 0.3) is 5.65 Å². The second-order valence-corrected chi connectivity index (χ2v) is 3.00. The molecule has 0 aliphatic carbocycles. The van der Waals surface area contributed by atoms with Crippen LogP contribution in [0.4, 0.5) is 5.69 Å². The molecule has 2 aromatic rings. The Balaban J connectivity index is 2.84. The normalized spacial score (nSPS) is 10.7. The molecule has 0 fully saturated rings. The lowest BCUT2D eigenvalue weighted by Gasteiger charge is -2.01. The van der Waals surface area contributed by atoms with Gasteiger partial charge in [0.1, 0.15) is 0 Å². The quantitative estimate of drug-likeness (QED) is 0.745. The van der Waals surface area contributed by atoms with Crippen LogP contribution in [-0.4, -0.2) is 26.9 Å². The van der Waals surface area contributed by atoms with Gasteiger partial charge in [0.2, 0.25) is 5.65 Å². The van der Waals surface area contributed by atoms with Crippen LogP contribution in [0, 0.1) is 6.92 Å². The zero-order valence-corrected chi connectivity index (χ0v) is 8.00. The fourth-order valence-electron chi connectivity index (χ4n) is 1.14. The average molecular weight is 198 g/mol. The molecule has 0 radical (unpaired) electrons. The lowest BCUT2D eigenvalue weighted by molar-refractivity contribution is 0.876. The van der Waals surface area contributed by atoms with Gasteiger partial charge in [-0.15, -0.1) is 10.2 Å². The molecular weight excluding hydrogens is 190 g/mol. The summed E-state index contributed by atoms with van der Waals surface area (Å²) >= 11 is 5.80. The van der Waals surface area contributed by atoms with E-state index in [1.165, 1.54) is 0 Å². The number of rotatable bonds is 1. The van der Waals surface area contributed by atoms with E-state index in [1.54, 1.807) is 17.6 Å². The van der Waals surface area contributed by atoms with E-state index in [2.05, 4.69) is 20.6 Å². The topological polar surface area (TPSA) is 55.1 Å². The number of anilines is 1. The highest BCUT2D eigenvalue weighted by Gasteiger charge is 2.07. The van der Waals surface area contributed by atoms with Crippen molar-refractivity contribution < 1.29 is 0 Å². The summed E-state index contributed by atoms with van der Waals surface area (Å²) in [5.74, 6) is 0.717. The number of aryl methyl sites for hydroxylation is 1. The number of fused-ring (bicyclic) bond motifs is 1. The minimum Gasteiger partial charge on any atom is -0.385 e. The van der Waals surface area contributed by atoms with Gasteiger partial charge in [0.15, 0.2) is 11.0 Å². The summed E-state index contributed by atoms with van der Waals surface area (Å²) in [4.78, 5) is 0. The van der Waals surface area contributed by atoms with E-state index in [0.717, 1.165) is 5.69 Å². The van der Waals surface area contributed by atoms with Crippen molar-refractivity contribution in [3.63, 3.8) is 0 Å². The van der Waals surface area contributed by atoms with Gasteiger partial charge in [-0.25, -0.2) is 0 Å². The van der Waals surface area contributed by atoms with Crippen LogP contribution in [-0.2, 0) is 0 Å². The van der Waals surface area contributed by atoms with E-state index in [-0.39, 0.29) is 0 Å². The fourth-order valence-corrected chi connectivity index (χ4v) is 1.32. The maximum absolute atomic E-state index is 5.80. The van der Waals surface area contributed by atoms with Gasteiger partial charge in [-0.2, -0.15) is 9.61 Å². The van der Waals surface area contributed by atoms with Crippen molar-refractivity contribution in [1.82, 2.24) is 19.8 Å². The summed E-state index contributed by atoms with van der Waals surface area (Å²) in [6.45, 7) is 1.82. The number of aromatic nitrogens is 4. The first-order valence-electron chi connectivity index (χ1n) is 3.78. The van der Waals surface area contributed by atoms with Gasteiger partial charge >= 0.3 is 0 Å². The molecule has 0 spiro atoms. The SMILES string of the molecule is CNc1cc(Cl)nn2c(C)nnc12. The van der Waals surface area contributed by atoms with Crippen LogP contribution < -0.4 is 5.32 Å². The van der Waals surface area contributed by atoms with E-state index in [1.807, 2.05) is 6.92 Å². The van der Waals surface area contributed by atoms with Gasteiger partial charge in [0.25, 0.3) is 0 Å². The molecular formula is C7H8ClN5. The maximum Gasteiger partial charge on any atom is 0.201 e. The first-order chi connectivity index (χ1) is 6.22. The minimum absolute atomic E-state index is 0.416. The molecule has 0 saturated carbocycles. The molecule has 0 aliphatic rings. The molecule has 6 heteroatoms. The lowest BCUT2D eigenvalue weighted by atomic mass is 10.4. The molecule has 2 heterocycles. The Kier molecular flexibility index (Phi) is 1.81. The van der Waals surface area contributed by atoms with Crippen LogP contribution in [0.15, 0.2) is 6.07 Å². The molecule has 0 bridgehead atoms. The van der Waals surface area contributed by atoms with Gasteiger partial charge in [0, 0.05) is 13.1 Å². The molecule has 1 N–H and O–H groups in total.